The first-order valence-electron chi connectivity index (χ1n) is 11.8. The predicted molar refractivity (Wildman–Crippen MR) is 133 cm³/mol. The van der Waals surface area contributed by atoms with E-state index in [1.165, 1.54) is 4.90 Å². The van der Waals surface area contributed by atoms with E-state index in [9.17, 15) is 14.4 Å². The van der Waals surface area contributed by atoms with Gasteiger partial charge in [0.2, 0.25) is 11.8 Å². The van der Waals surface area contributed by atoms with Crippen molar-refractivity contribution in [2.75, 3.05) is 6.54 Å². The van der Waals surface area contributed by atoms with E-state index in [1.54, 1.807) is 27.7 Å². The van der Waals surface area contributed by atoms with Gasteiger partial charge in [-0.25, -0.2) is 4.79 Å². The molecule has 0 radical (unpaired) electrons. The second kappa shape index (κ2) is 12.2. The summed E-state index contributed by atoms with van der Waals surface area (Å²) in [6, 6.07) is 15.6. The number of hydrogen-bond acceptors (Lipinski definition) is 4. The number of alkyl carbamates (subject to hydrolysis) is 1. The average molecular weight is 468 g/mol. The molecule has 2 N–H and O–H groups in total. The van der Waals surface area contributed by atoms with Gasteiger partial charge in [0.05, 0.1) is 0 Å². The molecule has 2 aromatic carbocycles. The molecule has 0 saturated carbocycles. The molecule has 7 nitrogen and oxygen atoms in total. The van der Waals surface area contributed by atoms with Gasteiger partial charge in [-0.1, -0.05) is 61.5 Å². The lowest BCUT2D eigenvalue weighted by molar-refractivity contribution is -0.142. The van der Waals surface area contributed by atoms with Crippen LogP contribution in [0.15, 0.2) is 54.6 Å². The van der Waals surface area contributed by atoms with Crippen LogP contribution in [0.3, 0.4) is 0 Å². The molecule has 2 unspecified atom stereocenters. The Labute approximate surface area is 202 Å². The highest BCUT2D eigenvalue weighted by Crippen LogP contribution is 2.23. The van der Waals surface area contributed by atoms with Crippen LogP contribution in [0.4, 0.5) is 4.79 Å². The molecule has 2 atom stereocenters. The second-order valence-electron chi connectivity index (χ2n) is 9.19. The zero-order valence-corrected chi connectivity index (χ0v) is 21.1. The maximum atomic E-state index is 13.4. The molecule has 34 heavy (non-hydrogen) atoms. The third-order valence-corrected chi connectivity index (χ3v) is 5.30. The maximum Gasteiger partial charge on any atom is 0.408 e. The molecule has 0 fully saturated rings. The van der Waals surface area contributed by atoms with E-state index in [1.807, 2.05) is 61.5 Å². The van der Waals surface area contributed by atoms with Crippen molar-refractivity contribution >= 4 is 17.9 Å². The van der Waals surface area contributed by atoms with Crippen LogP contribution in [0.2, 0.25) is 0 Å². The summed E-state index contributed by atoms with van der Waals surface area (Å²) in [7, 11) is 0. The van der Waals surface area contributed by atoms with Gasteiger partial charge in [0.1, 0.15) is 17.7 Å². The molecular formula is C27H37N3O4. The number of likely N-dealkylation sites (N-methyl/N-ethyl adjacent to an activating group) is 1. The topological polar surface area (TPSA) is 87.7 Å². The Morgan fingerprint density at radius 3 is 2.09 bits per heavy atom. The Bertz CT molecular complexity index is 952. The van der Waals surface area contributed by atoms with Crippen molar-refractivity contribution in [3.8, 4) is 0 Å². The second-order valence-corrected chi connectivity index (χ2v) is 9.19. The number of amides is 3. The van der Waals surface area contributed by atoms with E-state index in [4.69, 9.17) is 4.74 Å². The van der Waals surface area contributed by atoms with Crippen LogP contribution in [0.5, 0.6) is 0 Å². The monoisotopic (exact) mass is 467 g/mol. The number of nitrogens with zero attached hydrogens (tertiary/aromatic N) is 1. The molecule has 0 saturated heterocycles. The summed E-state index contributed by atoms with van der Waals surface area (Å²) in [5.41, 5.74) is 2.13. The van der Waals surface area contributed by atoms with E-state index in [0.29, 0.717) is 12.1 Å². The smallest absolute Gasteiger partial charge is 0.408 e. The van der Waals surface area contributed by atoms with Crippen molar-refractivity contribution in [3.63, 3.8) is 0 Å². The van der Waals surface area contributed by atoms with Gasteiger partial charge in [-0.05, 0) is 57.7 Å². The molecule has 0 aromatic heterocycles. The molecule has 184 valence electrons. The number of nitrogens with one attached hydrogen (secondary N) is 2. The minimum Gasteiger partial charge on any atom is -0.444 e. The van der Waals surface area contributed by atoms with E-state index in [-0.39, 0.29) is 18.4 Å². The summed E-state index contributed by atoms with van der Waals surface area (Å²) in [5.74, 6) is -0.652. The molecule has 0 heterocycles. The number of hydrogen-bond donors (Lipinski definition) is 2. The predicted octanol–water partition coefficient (Wildman–Crippen LogP) is 4.37. The van der Waals surface area contributed by atoms with E-state index < -0.39 is 23.8 Å². The molecule has 0 aliphatic rings. The Balaban J connectivity index is 2.27. The third kappa shape index (κ3) is 7.90. The number of ether oxygens (including phenoxy) is 1. The molecule has 0 aliphatic heterocycles. The van der Waals surface area contributed by atoms with Gasteiger partial charge in [-0.15, -0.1) is 0 Å². The zero-order valence-electron chi connectivity index (χ0n) is 21.1. The van der Waals surface area contributed by atoms with Crippen molar-refractivity contribution in [1.29, 1.82) is 0 Å². The van der Waals surface area contributed by atoms with Gasteiger partial charge in [-0.2, -0.15) is 0 Å². The number of aryl methyl sites for hydroxylation is 1. The van der Waals surface area contributed by atoms with Crippen LogP contribution in [0.25, 0.3) is 0 Å². The fourth-order valence-electron chi connectivity index (χ4n) is 3.55. The Kier molecular flexibility index (Phi) is 9.66. The Hall–Kier alpha value is -3.35. The minimum absolute atomic E-state index is 0.284. The normalized spacial score (nSPS) is 12.9. The highest BCUT2D eigenvalue weighted by Gasteiger charge is 2.33. The largest absolute Gasteiger partial charge is 0.444 e. The van der Waals surface area contributed by atoms with E-state index >= 15 is 0 Å². The third-order valence-electron chi connectivity index (χ3n) is 5.30. The zero-order chi connectivity index (χ0) is 25.3. The summed E-state index contributed by atoms with van der Waals surface area (Å²) in [6.45, 7) is 11.4. The average Bonchev–Trinajstić information content (AvgIpc) is 2.80. The quantitative estimate of drug-likeness (QED) is 0.573. The van der Waals surface area contributed by atoms with Gasteiger partial charge in [0.15, 0.2) is 0 Å². The fourth-order valence-corrected chi connectivity index (χ4v) is 3.55. The summed E-state index contributed by atoms with van der Waals surface area (Å²) < 4.78 is 5.28. The summed E-state index contributed by atoms with van der Waals surface area (Å²) in [5, 5.41) is 5.55. The molecule has 0 aliphatic carbocycles. The van der Waals surface area contributed by atoms with Crippen LogP contribution in [0, 0.1) is 0 Å². The number of rotatable bonds is 9. The SMILES string of the molecule is CCc1ccc(C(C(=O)NCc2ccccc2)N(CC)C(=O)C(C)NC(=O)OC(C)(C)C)cc1. The molecule has 3 amide bonds. The van der Waals surface area contributed by atoms with Crippen molar-refractivity contribution in [2.45, 2.75) is 72.2 Å². The van der Waals surface area contributed by atoms with Gasteiger partial charge < -0.3 is 20.3 Å². The number of benzene rings is 2. The first kappa shape index (κ1) is 26.9. The fraction of sp³-hybridized carbons (Fsp3) is 0.444. The van der Waals surface area contributed by atoms with Crippen molar-refractivity contribution in [3.05, 3.63) is 71.3 Å². The molecule has 2 aromatic rings. The van der Waals surface area contributed by atoms with E-state index in [0.717, 1.165) is 17.5 Å². The first-order chi connectivity index (χ1) is 16.1. The summed E-state index contributed by atoms with van der Waals surface area (Å²) in [6.07, 6.45) is 0.195. The number of carbonyl (C=O) groups excluding carboxylic acids is 3. The van der Waals surface area contributed by atoms with Crippen molar-refractivity contribution < 1.29 is 19.1 Å². The van der Waals surface area contributed by atoms with Crippen LogP contribution >= 0.6 is 0 Å². The van der Waals surface area contributed by atoms with Crippen molar-refractivity contribution in [2.24, 2.45) is 0 Å². The lowest BCUT2D eigenvalue weighted by atomic mass is 10.0. The van der Waals surface area contributed by atoms with Crippen LogP contribution in [-0.4, -0.2) is 41.0 Å². The van der Waals surface area contributed by atoms with Gasteiger partial charge in [0.25, 0.3) is 0 Å². The van der Waals surface area contributed by atoms with Gasteiger partial charge in [0, 0.05) is 13.1 Å². The maximum absolute atomic E-state index is 13.4. The van der Waals surface area contributed by atoms with Crippen LogP contribution in [-0.2, 0) is 27.3 Å². The highest BCUT2D eigenvalue weighted by molar-refractivity contribution is 5.91. The standard InChI is InChI=1S/C27H37N3O4/c1-7-20-14-16-22(17-15-20)23(24(31)28-18-21-12-10-9-11-13-21)30(8-2)25(32)19(3)29-26(33)34-27(4,5)6/h9-17,19,23H,7-8,18H2,1-6H3,(H,28,31)(H,29,33). The lowest BCUT2D eigenvalue weighted by Gasteiger charge is -2.33. The molecule has 2 rings (SSSR count). The molecule has 7 heteroatoms. The van der Waals surface area contributed by atoms with Crippen molar-refractivity contribution in [1.82, 2.24) is 15.5 Å². The van der Waals surface area contributed by atoms with Crippen LogP contribution in [0.1, 0.15) is 64.3 Å². The number of carbonyl (C=O) groups is 3. The molecular weight excluding hydrogens is 430 g/mol. The van der Waals surface area contributed by atoms with E-state index in [2.05, 4.69) is 17.6 Å². The minimum atomic E-state index is -0.867. The Morgan fingerprint density at radius 2 is 1.56 bits per heavy atom. The lowest BCUT2D eigenvalue weighted by Crippen LogP contribution is -2.51. The van der Waals surface area contributed by atoms with Gasteiger partial charge >= 0.3 is 6.09 Å². The summed E-state index contributed by atoms with van der Waals surface area (Å²) >= 11 is 0. The highest BCUT2D eigenvalue weighted by atomic mass is 16.6. The molecule has 0 spiro atoms. The Morgan fingerprint density at radius 1 is 0.941 bits per heavy atom. The summed E-state index contributed by atoms with van der Waals surface area (Å²) in [4.78, 5) is 40.5. The van der Waals surface area contributed by atoms with Gasteiger partial charge in [-0.3, -0.25) is 9.59 Å². The first-order valence-corrected chi connectivity index (χ1v) is 11.8. The molecule has 0 bridgehead atoms. The van der Waals surface area contributed by atoms with Crippen LogP contribution < -0.4 is 10.6 Å².